The lowest BCUT2D eigenvalue weighted by Crippen LogP contribution is -2.49. The van der Waals surface area contributed by atoms with Crippen LogP contribution in [0.25, 0.3) is 0 Å². The van der Waals surface area contributed by atoms with Crippen molar-refractivity contribution < 1.29 is 9.53 Å². The van der Waals surface area contributed by atoms with Crippen LogP contribution < -0.4 is 15.1 Å². The van der Waals surface area contributed by atoms with E-state index in [0.717, 1.165) is 43.2 Å². The predicted octanol–water partition coefficient (Wildman–Crippen LogP) is 2.89. The van der Waals surface area contributed by atoms with Gasteiger partial charge in [-0.1, -0.05) is 12.2 Å². The Morgan fingerprint density at radius 3 is 2.92 bits per heavy atom. The first-order chi connectivity index (χ1) is 11.7. The molecule has 1 fully saturated rings. The largest absolute Gasteiger partial charge is 0.444 e. The molecule has 0 aromatic carbocycles. The number of pyridine rings is 1. The Kier molecular flexibility index (Phi) is 4.86. The fourth-order valence-electron chi connectivity index (χ4n) is 3.40. The highest BCUT2D eigenvalue weighted by Gasteiger charge is 2.30. The number of piperidine rings is 1. The van der Waals surface area contributed by atoms with E-state index in [1.807, 2.05) is 38.9 Å². The summed E-state index contributed by atoms with van der Waals surface area (Å²) in [5, 5.41) is 3.01. The molecule has 7 heteroatoms. The number of carbonyl (C=O) groups excluding carboxylic acids is 1. The van der Waals surface area contributed by atoms with Crippen molar-refractivity contribution in [3.8, 4) is 0 Å². The van der Waals surface area contributed by atoms with E-state index >= 15 is 0 Å². The molecule has 1 atom stereocenters. The van der Waals surface area contributed by atoms with Crippen LogP contribution in [0.4, 0.5) is 16.3 Å². The molecule has 0 spiro atoms. The lowest BCUT2D eigenvalue weighted by molar-refractivity contribution is 0.0500. The first kappa shape index (κ1) is 17.9. The van der Waals surface area contributed by atoms with Gasteiger partial charge in [-0.05, 0) is 39.7 Å². The Morgan fingerprint density at radius 1 is 1.44 bits per heavy atom. The van der Waals surface area contributed by atoms with Crippen LogP contribution in [0, 0.1) is 0 Å². The van der Waals surface area contributed by atoms with Crippen molar-refractivity contribution in [1.82, 2.24) is 10.3 Å². The molecule has 0 unspecified atom stereocenters. The number of amides is 1. The molecule has 6 nitrogen and oxygen atoms in total. The lowest BCUT2D eigenvalue weighted by atomic mass is 10.0. The fraction of sp³-hybridized carbons (Fsp3) is 0.611. The molecule has 1 aromatic heterocycles. The summed E-state index contributed by atoms with van der Waals surface area (Å²) in [6.45, 7) is 7.36. The van der Waals surface area contributed by atoms with Gasteiger partial charge in [-0.15, -0.1) is 0 Å². The summed E-state index contributed by atoms with van der Waals surface area (Å²) in [7, 11) is 1.97. The second-order valence-corrected chi connectivity index (χ2v) is 8.16. The number of thiocarbonyl (C=S) groups is 1. The van der Waals surface area contributed by atoms with Gasteiger partial charge in [0.1, 0.15) is 11.4 Å². The standard InChI is InChI=1S/C18H26N4O2S/c1-18(2,3)24-17(23)20-12-6-5-9-22(11-12)14-7-8-19-16-13(14)10-15(25)21(16)4/h7-8,12H,5-6,9-11H2,1-4H3,(H,20,23)/t12-/m1/s1. The molecule has 1 saturated heterocycles. The van der Waals surface area contributed by atoms with Crippen molar-refractivity contribution >= 4 is 34.8 Å². The van der Waals surface area contributed by atoms with Crippen LogP contribution in [-0.4, -0.2) is 47.8 Å². The summed E-state index contributed by atoms with van der Waals surface area (Å²) in [5.74, 6) is 0.949. The number of anilines is 2. The van der Waals surface area contributed by atoms with Gasteiger partial charge in [-0.25, -0.2) is 9.78 Å². The topological polar surface area (TPSA) is 57.7 Å². The Balaban J connectivity index is 1.71. The van der Waals surface area contributed by atoms with Crippen molar-refractivity contribution in [2.24, 2.45) is 0 Å². The summed E-state index contributed by atoms with van der Waals surface area (Å²) < 4.78 is 5.38. The van der Waals surface area contributed by atoms with Crippen LogP contribution >= 0.6 is 12.2 Å². The first-order valence-electron chi connectivity index (χ1n) is 8.73. The SMILES string of the molecule is CN1C(=S)Cc2c(N3CCC[C@@H](NC(=O)OC(C)(C)C)C3)ccnc21. The highest BCUT2D eigenvalue weighted by atomic mass is 32.1. The summed E-state index contributed by atoms with van der Waals surface area (Å²) in [5.41, 5.74) is 1.88. The minimum Gasteiger partial charge on any atom is -0.444 e. The third kappa shape index (κ3) is 4.03. The Bertz CT molecular complexity index is 686. The van der Waals surface area contributed by atoms with E-state index in [4.69, 9.17) is 17.0 Å². The number of likely N-dealkylation sites (N-methyl/N-ethyl adjacent to an activating group) is 1. The minimum absolute atomic E-state index is 0.0819. The summed E-state index contributed by atoms with van der Waals surface area (Å²) in [6, 6.07) is 2.13. The second-order valence-electron chi connectivity index (χ2n) is 7.69. The van der Waals surface area contributed by atoms with Crippen molar-refractivity contribution in [1.29, 1.82) is 0 Å². The molecule has 2 aliphatic heterocycles. The van der Waals surface area contributed by atoms with Crippen LogP contribution in [0.1, 0.15) is 39.2 Å². The first-order valence-corrected chi connectivity index (χ1v) is 9.14. The van der Waals surface area contributed by atoms with Gasteiger partial charge in [0.05, 0.1) is 4.99 Å². The van der Waals surface area contributed by atoms with Gasteiger partial charge in [0.15, 0.2) is 0 Å². The van der Waals surface area contributed by atoms with Gasteiger partial charge < -0.3 is 19.9 Å². The molecule has 136 valence electrons. The number of carbonyl (C=O) groups is 1. The quantitative estimate of drug-likeness (QED) is 0.817. The number of nitrogens with zero attached hydrogens (tertiary/aromatic N) is 3. The lowest BCUT2D eigenvalue weighted by Gasteiger charge is -2.36. The molecule has 2 aliphatic rings. The maximum absolute atomic E-state index is 12.1. The number of nitrogens with one attached hydrogen (secondary N) is 1. The van der Waals surface area contributed by atoms with E-state index in [1.165, 1.54) is 11.3 Å². The molecule has 1 aromatic rings. The maximum atomic E-state index is 12.1. The van der Waals surface area contributed by atoms with Gasteiger partial charge in [-0.2, -0.15) is 0 Å². The summed E-state index contributed by atoms with van der Waals surface area (Å²) in [4.78, 5) is 21.7. The number of ether oxygens (including phenoxy) is 1. The van der Waals surface area contributed by atoms with Gasteiger partial charge in [0, 0.05) is 50.0 Å². The smallest absolute Gasteiger partial charge is 0.407 e. The normalized spacial score (nSPS) is 20.5. The third-order valence-corrected chi connectivity index (χ3v) is 4.93. The van der Waals surface area contributed by atoms with Gasteiger partial charge >= 0.3 is 6.09 Å². The molecular weight excluding hydrogens is 336 g/mol. The van der Waals surface area contributed by atoms with E-state index < -0.39 is 5.60 Å². The van der Waals surface area contributed by atoms with Crippen LogP contribution in [0.2, 0.25) is 0 Å². The number of aromatic nitrogens is 1. The van der Waals surface area contributed by atoms with Crippen LogP contribution in [0.5, 0.6) is 0 Å². The number of alkyl carbamates (subject to hydrolysis) is 1. The molecule has 3 rings (SSSR count). The molecule has 0 bridgehead atoms. The van der Waals surface area contributed by atoms with Crippen molar-refractivity contribution in [2.45, 2.75) is 51.7 Å². The van der Waals surface area contributed by atoms with E-state index in [1.54, 1.807) is 0 Å². The molecule has 3 heterocycles. The Hall–Kier alpha value is -1.89. The summed E-state index contributed by atoms with van der Waals surface area (Å²) >= 11 is 5.43. The molecule has 0 aliphatic carbocycles. The van der Waals surface area contributed by atoms with E-state index in [2.05, 4.69) is 21.3 Å². The number of hydrogen-bond donors (Lipinski definition) is 1. The van der Waals surface area contributed by atoms with E-state index in [-0.39, 0.29) is 12.1 Å². The van der Waals surface area contributed by atoms with Crippen molar-refractivity contribution in [3.63, 3.8) is 0 Å². The van der Waals surface area contributed by atoms with Crippen molar-refractivity contribution in [3.05, 3.63) is 17.8 Å². The fourth-order valence-corrected chi connectivity index (χ4v) is 3.63. The molecular formula is C18H26N4O2S. The number of hydrogen-bond acceptors (Lipinski definition) is 5. The summed E-state index contributed by atoms with van der Waals surface area (Å²) in [6.07, 6.45) is 4.23. The monoisotopic (exact) mass is 362 g/mol. The average Bonchev–Trinajstić information content (AvgIpc) is 2.81. The van der Waals surface area contributed by atoms with Gasteiger partial charge in [0.2, 0.25) is 0 Å². The highest BCUT2D eigenvalue weighted by Crippen LogP contribution is 2.35. The zero-order valence-corrected chi connectivity index (χ0v) is 16.2. The zero-order valence-electron chi connectivity index (χ0n) is 15.3. The second kappa shape index (κ2) is 6.78. The van der Waals surface area contributed by atoms with E-state index in [9.17, 15) is 4.79 Å². The third-order valence-electron chi connectivity index (χ3n) is 4.51. The predicted molar refractivity (Wildman–Crippen MR) is 104 cm³/mol. The number of rotatable bonds is 2. The van der Waals surface area contributed by atoms with Crippen LogP contribution in [0.3, 0.4) is 0 Å². The molecule has 1 amide bonds. The molecule has 0 radical (unpaired) electrons. The molecule has 1 N–H and O–H groups in total. The minimum atomic E-state index is -0.482. The van der Waals surface area contributed by atoms with Gasteiger partial charge in [-0.3, -0.25) is 0 Å². The Morgan fingerprint density at radius 2 is 2.20 bits per heavy atom. The maximum Gasteiger partial charge on any atom is 0.407 e. The number of fused-ring (bicyclic) bond motifs is 1. The van der Waals surface area contributed by atoms with Crippen LogP contribution in [0.15, 0.2) is 12.3 Å². The zero-order chi connectivity index (χ0) is 18.2. The van der Waals surface area contributed by atoms with E-state index in [0.29, 0.717) is 0 Å². The Labute approximate surface area is 154 Å². The van der Waals surface area contributed by atoms with Crippen LogP contribution in [-0.2, 0) is 11.2 Å². The van der Waals surface area contributed by atoms with Gasteiger partial charge in [0.25, 0.3) is 0 Å². The molecule has 0 saturated carbocycles. The molecule has 25 heavy (non-hydrogen) atoms. The average molecular weight is 362 g/mol. The highest BCUT2D eigenvalue weighted by molar-refractivity contribution is 7.80. The van der Waals surface area contributed by atoms with Crippen molar-refractivity contribution in [2.75, 3.05) is 29.9 Å².